The van der Waals surface area contributed by atoms with Gasteiger partial charge in [-0.2, -0.15) is 5.26 Å². The number of hydrogen-bond donors (Lipinski definition) is 2. The number of anilines is 2. The molecule has 0 saturated carbocycles. The van der Waals surface area contributed by atoms with Crippen molar-refractivity contribution < 1.29 is 4.79 Å². The van der Waals surface area contributed by atoms with E-state index in [9.17, 15) is 10.1 Å². The highest BCUT2D eigenvalue weighted by Gasteiger charge is 2.13. The van der Waals surface area contributed by atoms with Crippen LogP contribution in [0.3, 0.4) is 0 Å². The molecule has 128 valence electrons. The highest BCUT2D eigenvalue weighted by Crippen LogP contribution is 2.23. The van der Waals surface area contributed by atoms with Crippen LogP contribution < -0.4 is 10.6 Å². The topological polar surface area (TPSA) is 77.8 Å². The Labute approximate surface area is 148 Å². The summed E-state index contributed by atoms with van der Waals surface area (Å²) >= 11 is 0. The minimum atomic E-state index is -0.433. The number of aryl methyl sites for hydroxylation is 3. The number of pyridine rings is 1. The van der Waals surface area contributed by atoms with E-state index in [4.69, 9.17) is 0 Å². The molecule has 25 heavy (non-hydrogen) atoms. The number of nitriles is 1. The first-order chi connectivity index (χ1) is 12.1. The molecule has 0 spiro atoms. The molecule has 0 aliphatic carbocycles. The first-order valence-electron chi connectivity index (χ1n) is 8.30. The number of nitrogens with one attached hydrogen (secondary N) is 2. The van der Waals surface area contributed by atoms with Gasteiger partial charge in [-0.1, -0.05) is 38.1 Å². The summed E-state index contributed by atoms with van der Waals surface area (Å²) in [6.45, 7) is 6.02. The minimum Gasteiger partial charge on any atom is -0.345 e. The average molecular weight is 334 g/mol. The van der Waals surface area contributed by atoms with Crippen LogP contribution >= 0.6 is 0 Å². The van der Waals surface area contributed by atoms with Crippen molar-refractivity contribution >= 4 is 17.4 Å². The zero-order chi connectivity index (χ0) is 18.2. The monoisotopic (exact) mass is 334 g/mol. The first-order valence-corrected chi connectivity index (χ1v) is 8.30. The Morgan fingerprint density at radius 3 is 2.40 bits per heavy atom. The maximum Gasteiger partial charge on any atom is 0.267 e. The summed E-state index contributed by atoms with van der Waals surface area (Å²) in [5.74, 6) is 0.145. The fourth-order valence-corrected chi connectivity index (χ4v) is 2.43. The molecule has 0 aliphatic heterocycles. The van der Waals surface area contributed by atoms with E-state index in [0.717, 1.165) is 35.2 Å². The lowest BCUT2D eigenvalue weighted by molar-refractivity contribution is -0.112. The van der Waals surface area contributed by atoms with Crippen molar-refractivity contribution in [1.82, 2.24) is 4.98 Å². The van der Waals surface area contributed by atoms with Crippen molar-refractivity contribution in [3.63, 3.8) is 0 Å². The van der Waals surface area contributed by atoms with Crippen molar-refractivity contribution in [3.05, 3.63) is 65.0 Å². The molecule has 0 atom stereocenters. The van der Waals surface area contributed by atoms with Crippen LogP contribution in [0, 0.1) is 18.3 Å². The van der Waals surface area contributed by atoms with Gasteiger partial charge in [-0.15, -0.1) is 0 Å². The SMILES string of the molecule is CCc1cccc(CC)c1NC(=O)/C(C#N)=C\Nc1ccc(C)cn1. The predicted molar refractivity (Wildman–Crippen MR) is 100 cm³/mol. The summed E-state index contributed by atoms with van der Waals surface area (Å²) in [6, 6.07) is 11.6. The maximum atomic E-state index is 12.5. The van der Waals surface area contributed by atoms with Crippen molar-refractivity contribution in [2.75, 3.05) is 10.6 Å². The van der Waals surface area contributed by atoms with E-state index in [0.29, 0.717) is 5.82 Å². The van der Waals surface area contributed by atoms with Crippen LogP contribution in [0.2, 0.25) is 0 Å². The number of hydrogen-bond acceptors (Lipinski definition) is 4. The molecule has 1 amide bonds. The second-order valence-electron chi connectivity index (χ2n) is 5.65. The van der Waals surface area contributed by atoms with Gasteiger partial charge in [0, 0.05) is 18.1 Å². The first kappa shape index (κ1) is 18.2. The number of aromatic nitrogens is 1. The van der Waals surface area contributed by atoms with Crippen LogP contribution in [0.15, 0.2) is 48.3 Å². The molecule has 5 nitrogen and oxygen atoms in total. The summed E-state index contributed by atoms with van der Waals surface area (Å²) in [5.41, 5.74) is 3.94. The molecule has 0 bridgehead atoms. The van der Waals surface area contributed by atoms with Crippen LogP contribution in [0.5, 0.6) is 0 Å². The molecule has 0 saturated heterocycles. The van der Waals surface area contributed by atoms with Crippen molar-refractivity contribution in [2.24, 2.45) is 0 Å². The standard InChI is InChI=1S/C20H22N4O/c1-4-15-7-6-8-16(5-2)19(15)24-20(25)17(11-21)13-23-18-10-9-14(3)12-22-18/h6-10,12-13H,4-5H2,1-3H3,(H,22,23)(H,24,25)/b17-13-. The smallest absolute Gasteiger partial charge is 0.267 e. The lowest BCUT2D eigenvalue weighted by Crippen LogP contribution is -2.17. The third kappa shape index (κ3) is 4.67. The molecular weight excluding hydrogens is 312 g/mol. The number of carbonyl (C=O) groups excluding carboxylic acids is 1. The van der Waals surface area contributed by atoms with E-state index in [1.54, 1.807) is 12.3 Å². The zero-order valence-electron chi connectivity index (χ0n) is 14.8. The Kier molecular flexibility index (Phi) is 6.30. The van der Waals surface area contributed by atoms with Gasteiger partial charge in [0.05, 0.1) is 0 Å². The quantitative estimate of drug-likeness (QED) is 0.619. The fraction of sp³-hybridized carbons (Fsp3) is 0.250. The van der Waals surface area contributed by atoms with E-state index in [1.165, 1.54) is 6.20 Å². The second-order valence-corrected chi connectivity index (χ2v) is 5.65. The molecule has 1 aromatic heterocycles. The van der Waals surface area contributed by atoms with E-state index < -0.39 is 5.91 Å². The van der Waals surface area contributed by atoms with Crippen molar-refractivity contribution in [2.45, 2.75) is 33.6 Å². The van der Waals surface area contributed by atoms with E-state index in [1.807, 2.05) is 51.1 Å². The highest BCUT2D eigenvalue weighted by atomic mass is 16.1. The molecule has 2 aromatic rings. The van der Waals surface area contributed by atoms with Gasteiger partial charge in [-0.25, -0.2) is 4.98 Å². The molecule has 0 radical (unpaired) electrons. The number of nitrogens with zero attached hydrogens (tertiary/aromatic N) is 2. The molecule has 5 heteroatoms. The van der Waals surface area contributed by atoms with Crippen LogP contribution in [0.4, 0.5) is 11.5 Å². The zero-order valence-corrected chi connectivity index (χ0v) is 14.8. The van der Waals surface area contributed by atoms with Crippen LogP contribution in [0.1, 0.15) is 30.5 Å². The number of para-hydroxylation sites is 1. The lowest BCUT2D eigenvalue weighted by Gasteiger charge is -2.14. The largest absolute Gasteiger partial charge is 0.345 e. The molecule has 2 rings (SSSR count). The third-order valence-electron chi connectivity index (χ3n) is 3.88. The van der Waals surface area contributed by atoms with Crippen molar-refractivity contribution in [1.29, 1.82) is 5.26 Å². The summed E-state index contributed by atoms with van der Waals surface area (Å²) in [7, 11) is 0. The molecule has 0 fully saturated rings. The Bertz CT molecular complexity index is 794. The molecule has 1 aromatic carbocycles. The van der Waals surface area contributed by atoms with Gasteiger partial charge in [-0.3, -0.25) is 4.79 Å². The Hall–Kier alpha value is -3.13. The second kappa shape index (κ2) is 8.65. The van der Waals surface area contributed by atoms with E-state index in [-0.39, 0.29) is 5.57 Å². The van der Waals surface area contributed by atoms with Gasteiger partial charge in [0.15, 0.2) is 0 Å². The molecule has 1 heterocycles. The van der Waals surface area contributed by atoms with Gasteiger partial charge in [0.2, 0.25) is 0 Å². The molecule has 0 aliphatic rings. The lowest BCUT2D eigenvalue weighted by atomic mass is 10.0. The summed E-state index contributed by atoms with van der Waals surface area (Å²) in [5, 5.41) is 15.1. The van der Waals surface area contributed by atoms with E-state index >= 15 is 0 Å². The van der Waals surface area contributed by atoms with Gasteiger partial charge >= 0.3 is 0 Å². The third-order valence-corrected chi connectivity index (χ3v) is 3.88. The number of carbonyl (C=O) groups is 1. The van der Waals surface area contributed by atoms with E-state index in [2.05, 4.69) is 15.6 Å². The van der Waals surface area contributed by atoms with Gasteiger partial charge < -0.3 is 10.6 Å². The number of amides is 1. The number of rotatable bonds is 6. The Balaban J connectivity index is 2.19. The Morgan fingerprint density at radius 1 is 1.20 bits per heavy atom. The van der Waals surface area contributed by atoms with Crippen LogP contribution in [-0.2, 0) is 17.6 Å². The number of benzene rings is 1. The van der Waals surface area contributed by atoms with Gasteiger partial charge in [0.1, 0.15) is 17.5 Å². The fourth-order valence-electron chi connectivity index (χ4n) is 2.43. The summed E-state index contributed by atoms with van der Waals surface area (Å²) < 4.78 is 0. The average Bonchev–Trinajstić information content (AvgIpc) is 2.63. The minimum absolute atomic E-state index is 0.00432. The highest BCUT2D eigenvalue weighted by molar-refractivity contribution is 6.07. The molecule has 2 N–H and O–H groups in total. The Morgan fingerprint density at radius 2 is 1.88 bits per heavy atom. The van der Waals surface area contributed by atoms with Gasteiger partial charge in [-0.05, 0) is 42.5 Å². The summed E-state index contributed by atoms with van der Waals surface area (Å²) in [4.78, 5) is 16.7. The predicted octanol–water partition coefficient (Wildman–Crippen LogP) is 3.97. The summed E-state index contributed by atoms with van der Waals surface area (Å²) in [6.07, 6.45) is 4.71. The van der Waals surface area contributed by atoms with Crippen LogP contribution in [0.25, 0.3) is 0 Å². The normalized spacial score (nSPS) is 10.9. The van der Waals surface area contributed by atoms with Crippen LogP contribution in [-0.4, -0.2) is 10.9 Å². The molecular formula is C20H22N4O. The maximum absolute atomic E-state index is 12.5. The van der Waals surface area contributed by atoms with Gasteiger partial charge in [0.25, 0.3) is 5.91 Å². The van der Waals surface area contributed by atoms with Crippen molar-refractivity contribution in [3.8, 4) is 6.07 Å². The molecule has 0 unspecified atom stereocenters.